The van der Waals surface area contributed by atoms with E-state index in [4.69, 9.17) is 11.6 Å². The Labute approximate surface area is 244 Å². The van der Waals surface area contributed by atoms with Gasteiger partial charge in [-0.2, -0.15) is 39.5 Å². The molecule has 0 bridgehead atoms. The largest absolute Gasteiger partial charge is 0.418 e. The Hall–Kier alpha value is -4.39. The summed E-state index contributed by atoms with van der Waals surface area (Å²) >= 11 is 5.84. The third-order valence-electron chi connectivity index (χ3n) is 5.85. The molecule has 1 amide bonds. The van der Waals surface area contributed by atoms with Crippen LogP contribution in [-0.2, 0) is 19.3 Å². The summed E-state index contributed by atoms with van der Waals surface area (Å²) in [5.74, 6) is -2.26. The Balaban J connectivity index is 1.75. The van der Waals surface area contributed by atoms with Crippen LogP contribution in [0.5, 0.6) is 0 Å². The second-order valence-corrected chi connectivity index (χ2v) is 9.48. The number of aliphatic hydroxyl groups excluding tert-OH is 1. The first-order valence-corrected chi connectivity index (χ1v) is 12.4. The van der Waals surface area contributed by atoms with Crippen LogP contribution in [0.15, 0.2) is 53.6 Å². The predicted molar refractivity (Wildman–Crippen MR) is 133 cm³/mol. The number of alkyl halides is 9. The number of halogens is 10. The van der Waals surface area contributed by atoms with Gasteiger partial charge < -0.3 is 10.4 Å². The molecule has 0 aliphatic rings. The minimum absolute atomic E-state index is 0.117. The van der Waals surface area contributed by atoms with E-state index < -0.39 is 78.5 Å². The Morgan fingerprint density at radius 2 is 1.64 bits per heavy atom. The number of para-hydroxylation sites is 1. The van der Waals surface area contributed by atoms with Gasteiger partial charge in [0.15, 0.2) is 17.8 Å². The molecule has 44 heavy (non-hydrogen) atoms. The lowest BCUT2D eigenvalue weighted by molar-refractivity contribution is -0.207. The Morgan fingerprint density at radius 1 is 0.977 bits per heavy atom. The van der Waals surface area contributed by atoms with Gasteiger partial charge >= 0.3 is 24.2 Å². The topological polar surface area (TPSA) is 120 Å². The molecule has 2 aromatic heterocycles. The molecule has 4 rings (SSSR count). The summed E-state index contributed by atoms with van der Waals surface area (Å²) in [6.45, 7) is -3.82. The van der Waals surface area contributed by atoms with Gasteiger partial charge in [0.1, 0.15) is 19.4 Å². The van der Waals surface area contributed by atoms with Crippen molar-refractivity contribution >= 4 is 17.5 Å². The zero-order valence-electron chi connectivity index (χ0n) is 21.5. The van der Waals surface area contributed by atoms with Crippen molar-refractivity contribution in [2.75, 3.05) is 6.54 Å². The van der Waals surface area contributed by atoms with Crippen molar-refractivity contribution in [1.29, 1.82) is 0 Å². The van der Waals surface area contributed by atoms with E-state index in [1.54, 1.807) is 0 Å². The standard InChI is InChI=1S/C24H17ClF9N7O3/c25-13-6-4-12(5-7-13)19-38-40(21(44)39(19)8-16(42)24(32,33)34)9-17-36-11-41(37-17)18-14(20(43)35-10-22(26,27)28)2-1-3-15(18)23(29,30)31/h1-7,11,16,42H,8-10H2,(H,35,43)/t16-/m0/s1. The summed E-state index contributed by atoms with van der Waals surface area (Å²) in [6, 6.07) is 7.55. The number of amides is 1. The number of nitrogens with one attached hydrogen (secondary N) is 1. The molecule has 0 aliphatic carbocycles. The average molecular weight is 658 g/mol. The first kappa shape index (κ1) is 32.5. The molecule has 236 valence electrons. The summed E-state index contributed by atoms with van der Waals surface area (Å²) in [4.78, 5) is 29.3. The number of hydrogen-bond donors (Lipinski definition) is 2. The van der Waals surface area contributed by atoms with E-state index in [2.05, 4.69) is 15.2 Å². The molecule has 0 fully saturated rings. The van der Waals surface area contributed by atoms with Gasteiger partial charge in [0.05, 0.1) is 23.4 Å². The van der Waals surface area contributed by atoms with Gasteiger partial charge in [-0.3, -0.25) is 9.36 Å². The van der Waals surface area contributed by atoms with Crippen LogP contribution in [0.1, 0.15) is 21.7 Å². The highest BCUT2D eigenvalue weighted by atomic mass is 35.5. The Morgan fingerprint density at radius 3 is 2.23 bits per heavy atom. The number of rotatable bonds is 8. The fourth-order valence-corrected chi connectivity index (χ4v) is 4.01. The summed E-state index contributed by atoms with van der Waals surface area (Å²) in [7, 11) is 0. The molecular formula is C24H17ClF9N7O3. The molecule has 20 heteroatoms. The van der Waals surface area contributed by atoms with E-state index in [-0.39, 0.29) is 16.4 Å². The van der Waals surface area contributed by atoms with E-state index in [0.717, 1.165) is 12.1 Å². The molecule has 10 nitrogen and oxygen atoms in total. The molecule has 2 N–H and O–H groups in total. The van der Waals surface area contributed by atoms with E-state index in [1.807, 2.05) is 0 Å². The molecule has 0 saturated heterocycles. The number of benzene rings is 2. The quantitative estimate of drug-likeness (QED) is 0.274. The molecular weight excluding hydrogens is 641 g/mol. The van der Waals surface area contributed by atoms with Crippen molar-refractivity contribution in [2.45, 2.75) is 37.7 Å². The van der Waals surface area contributed by atoms with Crippen LogP contribution in [0.3, 0.4) is 0 Å². The molecule has 4 aromatic rings. The highest BCUT2D eigenvalue weighted by Gasteiger charge is 2.40. The zero-order chi connectivity index (χ0) is 32.6. The second kappa shape index (κ2) is 11.9. The van der Waals surface area contributed by atoms with Crippen molar-refractivity contribution in [1.82, 2.24) is 34.4 Å². The number of aliphatic hydroxyl groups is 1. The monoisotopic (exact) mass is 657 g/mol. The highest BCUT2D eigenvalue weighted by Crippen LogP contribution is 2.35. The van der Waals surface area contributed by atoms with Gasteiger partial charge in [0, 0.05) is 10.6 Å². The number of carbonyl (C=O) groups is 1. The van der Waals surface area contributed by atoms with Crippen molar-refractivity contribution in [3.63, 3.8) is 0 Å². The fraction of sp³-hybridized carbons (Fsp3) is 0.292. The molecule has 2 aromatic carbocycles. The first-order valence-electron chi connectivity index (χ1n) is 12.0. The maximum absolute atomic E-state index is 13.8. The lowest BCUT2D eigenvalue weighted by Crippen LogP contribution is -2.37. The first-order chi connectivity index (χ1) is 20.3. The second-order valence-electron chi connectivity index (χ2n) is 9.04. The highest BCUT2D eigenvalue weighted by molar-refractivity contribution is 6.30. The van der Waals surface area contributed by atoms with Crippen molar-refractivity contribution in [3.8, 4) is 17.1 Å². The molecule has 0 radical (unpaired) electrons. The summed E-state index contributed by atoms with van der Waals surface area (Å²) in [6.07, 6.45) is -17.4. The lowest BCUT2D eigenvalue weighted by atomic mass is 10.1. The van der Waals surface area contributed by atoms with Crippen LogP contribution in [-0.4, -0.2) is 65.1 Å². The third-order valence-corrected chi connectivity index (χ3v) is 6.11. The van der Waals surface area contributed by atoms with Crippen molar-refractivity contribution in [2.24, 2.45) is 0 Å². The predicted octanol–water partition coefficient (Wildman–Crippen LogP) is 4.23. The number of nitrogens with zero attached hydrogens (tertiary/aromatic N) is 6. The fourth-order valence-electron chi connectivity index (χ4n) is 3.89. The molecule has 0 aliphatic heterocycles. The number of hydrogen-bond acceptors (Lipinski definition) is 6. The summed E-state index contributed by atoms with van der Waals surface area (Å²) < 4.78 is 120. The smallest absolute Gasteiger partial charge is 0.382 e. The molecule has 0 saturated carbocycles. The van der Waals surface area contributed by atoms with Gasteiger partial charge in [-0.05, 0) is 36.4 Å². The lowest BCUT2D eigenvalue weighted by Gasteiger charge is -2.16. The average Bonchev–Trinajstić information content (AvgIpc) is 3.50. The molecule has 0 unspecified atom stereocenters. The van der Waals surface area contributed by atoms with Gasteiger partial charge in [0.25, 0.3) is 5.91 Å². The van der Waals surface area contributed by atoms with E-state index in [9.17, 15) is 54.2 Å². The number of aromatic nitrogens is 6. The van der Waals surface area contributed by atoms with Crippen LogP contribution in [0.2, 0.25) is 5.02 Å². The Kier molecular flexibility index (Phi) is 8.83. The van der Waals surface area contributed by atoms with Gasteiger partial charge in [0.2, 0.25) is 0 Å². The van der Waals surface area contributed by atoms with Gasteiger partial charge in [-0.1, -0.05) is 17.7 Å². The zero-order valence-corrected chi connectivity index (χ0v) is 22.3. The van der Waals surface area contributed by atoms with Crippen LogP contribution < -0.4 is 11.0 Å². The maximum Gasteiger partial charge on any atom is 0.418 e. The minimum Gasteiger partial charge on any atom is -0.382 e. The third kappa shape index (κ3) is 7.39. The number of carbonyl (C=O) groups excluding carboxylic acids is 1. The Bertz CT molecular complexity index is 1710. The van der Waals surface area contributed by atoms with Crippen LogP contribution in [0.4, 0.5) is 39.5 Å². The van der Waals surface area contributed by atoms with Crippen molar-refractivity contribution < 1.29 is 49.4 Å². The summed E-state index contributed by atoms with van der Waals surface area (Å²) in [5, 5.41) is 19.1. The van der Waals surface area contributed by atoms with Crippen LogP contribution in [0.25, 0.3) is 17.1 Å². The normalized spacial score (nSPS) is 13.2. The van der Waals surface area contributed by atoms with Crippen molar-refractivity contribution in [3.05, 3.63) is 81.3 Å². The van der Waals surface area contributed by atoms with Gasteiger partial charge in [-0.15, -0.1) is 10.2 Å². The molecule has 2 heterocycles. The van der Waals surface area contributed by atoms with Crippen LogP contribution in [0, 0.1) is 0 Å². The minimum atomic E-state index is -5.11. The SMILES string of the molecule is O=C(NCC(F)(F)F)c1cccc(C(F)(F)F)c1-n1cnc(Cn2nc(-c3ccc(Cl)cc3)n(C[C@H](O)C(F)(F)F)c2=O)n1. The van der Waals surface area contributed by atoms with Gasteiger partial charge in [-0.25, -0.2) is 19.1 Å². The molecule has 0 spiro atoms. The summed E-state index contributed by atoms with van der Waals surface area (Å²) in [5.41, 5.74) is -4.34. The van der Waals surface area contributed by atoms with E-state index in [0.29, 0.717) is 26.3 Å². The van der Waals surface area contributed by atoms with E-state index in [1.165, 1.54) is 29.6 Å². The maximum atomic E-state index is 13.8. The molecule has 1 atom stereocenters. The van der Waals surface area contributed by atoms with Crippen LogP contribution >= 0.6 is 11.6 Å². The van der Waals surface area contributed by atoms with E-state index >= 15 is 0 Å².